The molecule has 0 aliphatic heterocycles. The summed E-state index contributed by atoms with van der Waals surface area (Å²) in [4.78, 5) is 28.7. The van der Waals surface area contributed by atoms with Gasteiger partial charge in [-0.25, -0.2) is 8.78 Å². The van der Waals surface area contributed by atoms with Crippen LogP contribution < -0.4 is 11.1 Å². The predicted molar refractivity (Wildman–Crippen MR) is 125 cm³/mol. The summed E-state index contributed by atoms with van der Waals surface area (Å²) < 4.78 is 26.2. The van der Waals surface area contributed by atoms with Crippen LogP contribution >= 0.6 is 0 Å². The highest BCUT2D eigenvalue weighted by Crippen LogP contribution is 2.49. The summed E-state index contributed by atoms with van der Waals surface area (Å²) in [6.45, 7) is 2.83. The maximum atomic E-state index is 12.7. The van der Waals surface area contributed by atoms with Crippen molar-refractivity contribution in [3.63, 3.8) is 0 Å². The fraction of sp³-hybridized carbons (Fsp3) is 0.478. The first-order valence-electron chi connectivity index (χ1n) is 10.8. The van der Waals surface area contributed by atoms with Crippen molar-refractivity contribution in [2.45, 2.75) is 38.2 Å². The highest BCUT2D eigenvalue weighted by molar-refractivity contribution is 5.94. The lowest BCUT2D eigenvalue weighted by Crippen LogP contribution is -2.34. The number of nitrogens with two attached hydrogens (primary N) is 1. The Kier molecular flexibility index (Phi) is 9.67. The van der Waals surface area contributed by atoms with Gasteiger partial charge in [-0.1, -0.05) is 29.4 Å². The van der Waals surface area contributed by atoms with Gasteiger partial charge in [0.05, 0.1) is 5.41 Å². The topological polar surface area (TPSA) is 115 Å². The van der Waals surface area contributed by atoms with Crippen molar-refractivity contribution in [1.82, 2.24) is 20.0 Å². The summed E-state index contributed by atoms with van der Waals surface area (Å²) in [5.41, 5.74) is 7.89. The molecule has 3 rings (SSSR count). The number of carbonyl (C=O) groups excluding carboxylic acids is 2. The van der Waals surface area contributed by atoms with Crippen LogP contribution in [0.1, 0.15) is 46.6 Å². The molecule has 1 fully saturated rings. The number of hydrogen-bond acceptors (Lipinski definition) is 6. The molecule has 3 N–H and O–H groups in total. The Bertz CT molecular complexity index is 1000. The number of benzene rings is 1. The number of rotatable bonds is 10. The number of halogens is 2. The Labute approximate surface area is 197 Å². The van der Waals surface area contributed by atoms with Gasteiger partial charge in [-0.15, -0.1) is 0 Å². The summed E-state index contributed by atoms with van der Waals surface area (Å²) in [6, 6.07) is 9.29. The average molecular weight is 479 g/mol. The van der Waals surface area contributed by atoms with Crippen LogP contribution in [0.15, 0.2) is 35.5 Å². The Morgan fingerprint density at radius 1 is 1.38 bits per heavy atom. The van der Waals surface area contributed by atoms with Crippen molar-refractivity contribution in [1.29, 1.82) is 0 Å². The van der Waals surface area contributed by atoms with E-state index in [1.165, 1.54) is 18.2 Å². The van der Waals surface area contributed by atoms with Crippen molar-refractivity contribution in [3.05, 3.63) is 52.8 Å². The standard InChI is InChI=1S/C12H16N2O.C11H16F2N4O2/c1-9-5-3-4-6-10(9)12(7-8-12)11(13)14-15-2;1-16(2)4-3-14-10(19)6-17-9(11(12)13)5-8(7-18)15-17/h3-6H,7-8H2,1-2H3,(H2,13,14);5,7,11H,3-4,6H2,1-2H3,(H,14,19). The van der Waals surface area contributed by atoms with Gasteiger partial charge in [0.15, 0.2) is 6.29 Å². The highest BCUT2D eigenvalue weighted by Gasteiger charge is 2.49. The van der Waals surface area contributed by atoms with Gasteiger partial charge in [0.1, 0.15) is 30.9 Å². The van der Waals surface area contributed by atoms with E-state index in [2.05, 4.69) is 34.6 Å². The monoisotopic (exact) mass is 478 g/mol. The van der Waals surface area contributed by atoms with Crippen molar-refractivity contribution in [3.8, 4) is 0 Å². The lowest BCUT2D eigenvalue weighted by Gasteiger charge is -2.16. The molecular weight excluding hydrogens is 446 g/mol. The fourth-order valence-corrected chi connectivity index (χ4v) is 3.51. The molecule has 186 valence electrons. The Morgan fingerprint density at radius 2 is 2.06 bits per heavy atom. The summed E-state index contributed by atoms with van der Waals surface area (Å²) >= 11 is 0. The first kappa shape index (κ1) is 26.9. The van der Waals surface area contributed by atoms with Gasteiger partial charge in [-0.05, 0) is 51.1 Å². The van der Waals surface area contributed by atoms with Crippen LogP contribution in [0.4, 0.5) is 8.78 Å². The van der Waals surface area contributed by atoms with E-state index in [0.29, 0.717) is 25.2 Å². The largest absolute Gasteiger partial charge is 0.398 e. The number of aromatic nitrogens is 2. The normalized spacial score (nSPS) is 14.4. The van der Waals surface area contributed by atoms with Gasteiger partial charge >= 0.3 is 0 Å². The summed E-state index contributed by atoms with van der Waals surface area (Å²) in [7, 11) is 5.23. The third-order valence-electron chi connectivity index (χ3n) is 5.44. The minimum atomic E-state index is -2.78. The number of aryl methyl sites for hydroxylation is 1. The van der Waals surface area contributed by atoms with Crippen molar-refractivity contribution < 1.29 is 23.2 Å². The van der Waals surface area contributed by atoms with E-state index in [1.54, 1.807) is 0 Å². The molecule has 0 spiro atoms. The molecule has 9 nitrogen and oxygen atoms in total. The van der Waals surface area contributed by atoms with Crippen LogP contribution in [0, 0.1) is 6.92 Å². The number of nitrogens with one attached hydrogen (secondary N) is 1. The molecule has 1 aliphatic carbocycles. The maximum absolute atomic E-state index is 12.7. The van der Waals surface area contributed by atoms with E-state index < -0.39 is 18.0 Å². The number of amides is 1. The minimum absolute atomic E-state index is 0.0542. The molecule has 0 unspecified atom stereocenters. The number of oxime groups is 1. The Hall–Kier alpha value is -3.34. The molecule has 1 aliphatic rings. The lowest BCUT2D eigenvalue weighted by atomic mass is 9.91. The van der Waals surface area contributed by atoms with Crippen LogP contribution in [-0.4, -0.2) is 67.0 Å². The molecule has 1 heterocycles. The van der Waals surface area contributed by atoms with Crippen molar-refractivity contribution in [2.24, 2.45) is 10.9 Å². The molecule has 1 saturated carbocycles. The molecule has 0 atom stereocenters. The van der Waals surface area contributed by atoms with E-state index >= 15 is 0 Å². The SMILES string of the molecule is CN(C)CCNC(=O)Cn1nc(C=O)cc1C(F)F.CO/N=C(\N)C1(c2ccccc2C)CC1. The molecular formula is C23H32F2N6O3. The van der Waals surface area contributed by atoms with Gasteiger partial charge in [0, 0.05) is 13.1 Å². The molecule has 1 aromatic heterocycles. The minimum Gasteiger partial charge on any atom is -0.398 e. The third-order valence-corrected chi connectivity index (χ3v) is 5.44. The number of amidine groups is 1. The van der Waals surface area contributed by atoms with E-state index in [4.69, 9.17) is 10.6 Å². The Morgan fingerprint density at radius 3 is 2.59 bits per heavy atom. The molecule has 1 amide bonds. The first-order valence-corrected chi connectivity index (χ1v) is 10.8. The summed E-state index contributed by atoms with van der Waals surface area (Å²) in [5, 5.41) is 10.1. The van der Waals surface area contributed by atoms with Gasteiger partial charge in [0.25, 0.3) is 6.43 Å². The predicted octanol–water partition coefficient (Wildman–Crippen LogP) is 2.26. The van der Waals surface area contributed by atoms with Crippen LogP contribution in [0.25, 0.3) is 0 Å². The molecule has 1 aromatic carbocycles. The van der Waals surface area contributed by atoms with Crippen LogP contribution in [0.3, 0.4) is 0 Å². The quantitative estimate of drug-likeness (QED) is 0.234. The number of carbonyl (C=O) groups is 2. The fourth-order valence-electron chi connectivity index (χ4n) is 3.51. The van der Waals surface area contributed by atoms with E-state index in [0.717, 1.165) is 23.6 Å². The van der Waals surface area contributed by atoms with Crippen LogP contribution in [-0.2, 0) is 21.6 Å². The summed E-state index contributed by atoms with van der Waals surface area (Å²) in [6.07, 6.45) is -0.282. The average Bonchev–Trinajstić information content (AvgIpc) is 3.48. The summed E-state index contributed by atoms with van der Waals surface area (Å²) in [5.74, 6) is 0.170. The zero-order valence-corrected chi connectivity index (χ0v) is 19.9. The first-order chi connectivity index (χ1) is 16.1. The van der Waals surface area contributed by atoms with Gasteiger partial charge < -0.3 is 20.8 Å². The number of likely N-dealkylation sites (N-methyl/N-ethyl adjacent to an activating group) is 1. The number of aldehydes is 1. The zero-order valence-electron chi connectivity index (χ0n) is 19.9. The van der Waals surface area contributed by atoms with Crippen molar-refractivity contribution in [2.75, 3.05) is 34.3 Å². The smallest absolute Gasteiger partial charge is 0.280 e. The second kappa shape index (κ2) is 12.2. The maximum Gasteiger partial charge on any atom is 0.280 e. The van der Waals surface area contributed by atoms with E-state index in [-0.39, 0.29) is 17.7 Å². The van der Waals surface area contributed by atoms with Crippen LogP contribution in [0.5, 0.6) is 0 Å². The molecule has 2 aromatic rings. The van der Waals surface area contributed by atoms with Crippen LogP contribution in [0.2, 0.25) is 0 Å². The highest BCUT2D eigenvalue weighted by atomic mass is 19.3. The number of hydrogen-bond donors (Lipinski definition) is 2. The molecule has 11 heteroatoms. The molecule has 0 saturated heterocycles. The zero-order chi connectivity index (χ0) is 25.3. The van der Waals surface area contributed by atoms with E-state index in [9.17, 15) is 18.4 Å². The van der Waals surface area contributed by atoms with Gasteiger partial charge in [0.2, 0.25) is 5.91 Å². The second-order valence-electron chi connectivity index (χ2n) is 8.28. The third kappa shape index (κ3) is 7.08. The van der Waals surface area contributed by atoms with Gasteiger partial charge in [-0.3, -0.25) is 14.3 Å². The second-order valence-corrected chi connectivity index (χ2v) is 8.28. The molecule has 0 radical (unpaired) electrons. The molecule has 34 heavy (non-hydrogen) atoms. The molecule has 0 bridgehead atoms. The number of alkyl halides is 2. The van der Waals surface area contributed by atoms with E-state index in [1.807, 2.05) is 31.1 Å². The Balaban J connectivity index is 0.000000246. The lowest BCUT2D eigenvalue weighted by molar-refractivity contribution is -0.121. The number of nitrogens with zero attached hydrogens (tertiary/aromatic N) is 4. The van der Waals surface area contributed by atoms with Gasteiger partial charge in [-0.2, -0.15) is 5.10 Å². The van der Waals surface area contributed by atoms with Crippen molar-refractivity contribution >= 4 is 18.0 Å².